The molecular formula is C30H25N5O2S2. The highest BCUT2D eigenvalue weighted by Gasteiger charge is 2.33. The third kappa shape index (κ3) is 4.49. The van der Waals surface area contributed by atoms with Gasteiger partial charge in [-0.05, 0) is 62.6 Å². The van der Waals surface area contributed by atoms with Crippen molar-refractivity contribution in [2.24, 2.45) is 4.99 Å². The summed E-state index contributed by atoms with van der Waals surface area (Å²) in [4.78, 5) is 33.7. The molecule has 194 valence electrons. The van der Waals surface area contributed by atoms with E-state index in [0.29, 0.717) is 26.3 Å². The maximum Gasteiger partial charge on any atom is 0.271 e. The number of thiazole rings is 1. The Morgan fingerprint density at radius 2 is 1.69 bits per heavy atom. The van der Waals surface area contributed by atoms with Crippen LogP contribution in [0.5, 0.6) is 0 Å². The summed E-state index contributed by atoms with van der Waals surface area (Å²) < 4.78 is 4.09. The average Bonchev–Trinajstić information content (AvgIpc) is 3.65. The number of hydrogen-bond acceptors (Lipinski definition) is 6. The molecule has 1 unspecified atom stereocenters. The molecule has 0 aliphatic carbocycles. The molecule has 1 aliphatic rings. The highest BCUT2D eigenvalue weighted by molar-refractivity contribution is 7.10. The molecule has 6 rings (SSSR count). The summed E-state index contributed by atoms with van der Waals surface area (Å²) >= 11 is 2.85. The number of benzene rings is 2. The van der Waals surface area contributed by atoms with Crippen molar-refractivity contribution in [2.75, 3.05) is 5.32 Å². The lowest BCUT2D eigenvalue weighted by atomic mass is 10.0. The molecule has 0 radical (unpaired) electrons. The molecule has 2 aromatic carbocycles. The minimum Gasteiger partial charge on any atom is -0.322 e. The van der Waals surface area contributed by atoms with Crippen LogP contribution in [0.4, 0.5) is 5.69 Å². The number of carbonyl (C=O) groups is 1. The standard InChI is InChI=1S/C30H25N5O2S2/c1-18-23(20(3)35(33-18)22-13-8-5-9-14-22)17-25-29(37)34-27(24-15-10-16-38-24)26(19(2)31-30(34)39-25)28(36)32-21-11-6-4-7-12-21/h4-17,27H,1-3H3,(H,32,36). The topological polar surface area (TPSA) is 81.3 Å². The van der Waals surface area contributed by atoms with Crippen molar-refractivity contribution in [3.8, 4) is 5.69 Å². The van der Waals surface area contributed by atoms with E-state index >= 15 is 0 Å². The zero-order valence-corrected chi connectivity index (χ0v) is 23.2. The first-order valence-corrected chi connectivity index (χ1v) is 14.2. The number of aromatic nitrogens is 3. The number of carbonyl (C=O) groups excluding carboxylic acids is 1. The lowest BCUT2D eigenvalue weighted by Gasteiger charge is -2.24. The molecular weight excluding hydrogens is 526 g/mol. The highest BCUT2D eigenvalue weighted by atomic mass is 32.1. The average molecular weight is 552 g/mol. The van der Waals surface area contributed by atoms with Crippen molar-refractivity contribution in [3.63, 3.8) is 0 Å². The summed E-state index contributed by atoms with van der Waals surface area (Å²) in [5, 5.41) is 9.67. The van der Waals surface area contributed by atoms with Crippen LogP contribution in [0.25, 0.3) is 11.8 Å². The van der Waals surface area contributed by atoms with Crippen LogP contribution in [0.2, 0.25) is 0 Å². The van der Waals surface area contributed by atoms with Crippen LogP contribution in [0.15, 0.2) is 99.2 Å². The van der Waals surface area contributed by atoms with Gasteiger partial charge >= 0.3 is 0 Å². The number of thiophene rings is 1. The Morgan fingerprint density at radius 3 is 2.38 bits per heavy atom. The number of anilines is 1. The van der Waals surface area contributed by atoms with Crippen molar-refractivity contribution in [1.82, 2.24) is 14.3 Å². The molecule has 1 aliphatic heterocycles. The van der Waals surface area contributed by atoms with Gasteiger partial charge in [0.05, 0.1) is 27.2 Å². The first-order chi connectivity index (χ1) is 18.9. The van der Waals surface area contributed by atoms with Gasteiger partial charge in [0, 0.05) is 21.8 Å². The van der Waals surface area contributed by atoms with Gasteiger partial charge in [-0.25, -0.2) is 9.67 Å². The largest absolute Gasteiger partial charge is 0.322 e. The summed E-state index contributed by atoms with van der Waals surface area (Å²) in [6.45, 7) is 5.77. The van der Waals surface area contributed by atoms with Crippen molar-refractivity contribution in [2.45, 2.75) is 26.8 Å². The molecule has 9 heteroatoms. The number of allylic oxidation sites excluding steroid dienone is 1. The minimum absolute atomic E-state index is 0.180. The molecule has 3 aromatic heterocycles. The van der Waals surface area contributed by atoms with E-state index in [1.165, 1.54) is 22.7 Å². The van der Waals surface area contributed by atoms with E-state index in [2.05, 4.69) is 5.32 Å². The van der Waals surface area contributed by atoms with Crippen molar-refractivity contribution >= 4 is 40.3 Å². The summed E-state index contributed by atoms with van der Waals surface area (Å²) in [5.41, 5.74) is 5.20. The van der Waals surface area contributed by atoms with Crippen LogP contribution in [-0.2, 0) is 4.79 Å². The molecule has 5 aromatic rings. The molecule has 39 heavy (non-hydrogen) atoms. The first-order valence-electron chi connectivity index (χ1n) is 12.5. The number of rotatable bonds is 5. The number of amides is 1. The predicted octanol–water partition coefficient (Wildman–Crippen LogP) is 4.74. The molecule has 1 N–H and O–H groups in total. The second kappa shape index (κ2) is 10.1. The molecule has 0 bridgehead atoms. The van der Waals surface area contributed by atoms with Gasteiger partial charge in [-0.3, -0.25) is 14.2 Å². The van der Waals surface area contributed by atoms with Crippen LogP contribution in [-0.4, -0.2) is 20.3 Å². The smallest absolute Gasteiger partial charge is 0.271 e. The van der Waals surface area contributed by atoms with Gasteiger partial charge in [-0.2, -0.15) is 5.10 Å². The van der Waals surface area contributed by atoms with Crippen LogP contribution in [0.1, 0.15) is 34.8 Å². The maximum absolute atomic E-state index is 14.0. The molecule has 0 fully saturated rings. The maximum atomic E-state index is 14.0. The summed E-state index contributed by atoms with van der Waals surface area (Å²) in [6, 6.07) is 22.6. The zero-order chi connectivity index (χ0) is 27.1. The van der Waals surface area contributed by atoms with Gasteiger partial charge in [-0.15, -0.1) is 11.3 Å². The molecule has 1 atom stereocenters. The van der Waals surface area contributed by atoms with Crippen molar-refractivity contribution in [3.05, 3.63) is 131 Å². The minimum atomic E-state index is -0.568. The Morgan fingerprint density at radius 1 is 0.974 bits per heavy atom. The van der Waals surface area contributed by atoms with E-state index < -0.39 is 6.04 Å². The van der Waals surface area contributed by atoms with E-state index in [1.807, 2.05) is 110 Å². The molecule has 0 saturated carbocycles. The third-order valence-corrected chi connectivity index (χ3v) is 8.64. The van der Waals surface area contributed by atoms with Gasteiger partial charge < -0.3 is 5.32 Å². The molecule has 0 spiro atoms. The Hall–Kier alpha value is -4.34. The second-order valence-corrected chi connectivity index (χ2v) is 11.2. The van der Waals surface area contributed by atoms with Gasteiger partial charge in [0.2, 0.25) is 0 Å². The lowest BCUT2D eigenvalue weighted by Crippen LogP contribution is -2.40. The van der Waals surface area contributed by atoms with Crippen LogP contribution in [0.3, 0.4) is 0 Å². The van der Waals surface area contributed by atoms with E-state index in [-0.39, 0.29) is 11.5 Å². The monoisotopic (exact) mass is 551 g/mol. The van der Waals surface area contributed by atoms with Gasteiger partial charge in [-0.1, -0.05) is 53.8 Å². The summed E-state index contributed by atoms with van der Waals surface area (Å²) in [7, 11) is 0. The number of fused-ring (bicyclic) bond motifs is 1. The molecule has 0 saturated heterocycles. The highest BCUT2D eigenvalue weighted by Crippen LogP contribution is 2.33. The van der Waals surface area contributed by atoms with Crippen molar-refractivity contribution in [1.29, 1.82) is 0 Å². The number of hydrogen-bond donors (Lipinski definition) is 1. The van der Waals surface area contributed by atoms with E-state index in [0.717, 1.165) is 27.5 Å². The predicted molar refractivity (Wildman–Crippen MR) is 156 cm³/mol. The van der Waals surface area contributed by atoms with Crippen LogP contribution >= 0.6 is 22.7 Å². The van der Waals surface area contributed by atoms with Gasteiger partial charge in [0.1, 0.15) is 6.04 Å². The van der Waals surface area contributed by atoms with Crippen molar-refractivity contribution < 1.29 is 4.79 Å². The third-order valence-electron chi connectivity index (χ3n) is 6.73. The fraction of sp³-hybridized carbons (Fsp3) is 0.133. The number of nitrogens with zero attached hydrogens (tertiary/aromatic N) is 4. The second-order valence-electron chi connectivity index (χ2n) is 9.25. The van der Waals surface area contributed by atoms with Crippen LogP contribution < -0.4 is 20.2 Å². The SMILES string of the molecule is CC1=C(C(=O)Nc2ccccc2)C(c2cccs2)n2c(sc(=Cc3c(C)nn(-c4ccccc4)c3C)c2=O)=N1. The van der Waals surface area contributed by atoms with E-state index in [9.17, 15) is 9.59 Å². The first kappa shape index (κ1) is 25.0. The van der Waals surface area contributed by atoms with E-state index in [1.54, 1.807) is 4.57 Å². The zero-order valence-electron chi connectivity index (χ0n) is 21.6. The van der Waals surface area contributed by atoms with Crippen LogP contribution in [0, 0.1) is 13.8 Å². The fourth-order valence-electron chi connectivity index (χ4n) is 4.86. The van der Waals surface area contributed by atoms with E-state index in [4.69, 9.17) is 10.1 Å². The lowest BCUT2D eigenvalue weighted by molar-refractivity contribution is -0.113. The Bertz CT molecular complexity index is 1900. The summed E-state index contributed by atoms with van der Waals surface area (Å²) in [5.74, 6) is -0.272. The number of nitrogens with one attached hydrogen (secondary N) is 1. The van der Waals surface area contributed by atoms with Gasteiger partial charge in [0.25, 0.3) is 11.5 Å². The Kier molecular flexibility index (Phi) is 6.46. The normalized spacial score (nSPS) is 15.3. The number of aryl methyl sites for hydroxylation is 1. The Labute approximate surface area is 232 Å². The Balaban J connectivity index is 1.48. The molecule has 7 nitrogen and oxygen atoms in total. The van der Waals surface area contributed by atoms with Gasteiger partial charge in [0.15, 0.2) is 4.80 Å². The summed E-state index contributed by atoms with van der Waals surface area (Å²) in [6.07, 6.45) is 1.90. The molecule has 1 amide bonds. The fourth-order valence-corrected chi connectivity index (χ4v) is 6.72. The number of para-hydroxylation sites is 2. The quantitative estimate of drug-likeness (QED) is 0.343. The molecule has 4 heterocycles.